The molecule has 2 aromatic rings. The number of nitrogens with one attached hydrogen (secondary N) is 1. The molecule has 1 fully saturated rings. The van der Waals surface area contributed by atoms with Gasteiger partial charge in [-0.1, -0.05) is 0 Å². The number of aryl methyl sites for hydroxylation is 1. The Labute approximate surface area is 134 Å². The highest BCUT2D eigenvalue weighted by atomic mass is 16.7. The predicted octanol–water partition coefficient (Wildman–Crippen LogP) is 2.47. The zero-order valence-corrected chi connectivity index (χ0v) is 13.0. The van der Waals surface area contributed by atoms with Gasteiger partial charge in [0.2, 0.25) is 6.79 Å². The Hall–Kier alpha value is -2.50. The summed E-state index contributed by atoms with van der Waals surface area (Å²) in [4.78, 5) is 14.7. The van der Waals surface area contributed by atoms with Crippen LogP contribution in [0.4, 0.5) is 0 Å². The molecule has 4 rings (SSSR count). The lowest BCUT2D eigenvalue weighted by Gasteiger charge is -2.32. The molecule has 1 atom stereocenters. The Morgan fingerprint density at radius 3 is 3.00 bits per heavy atom. The van der Waals surface area contributed by atoms with E-state index in [-0.39, 0.29) is 12.7 Å². The summed E-state index contributed by atoms with van der Waals surface area (Å²) in [6, 6.07) is 7.44. The van der Waals surface area contributed by atoms with Crippen LogP contribution in [0.2, 0.25) is 0 Å². The summed E-state index contributed by atoms with van der Waals surface area (Å²) in [5, 5.41) is 7.34. The van der Waals surface area contributed by atoms with E-state index < -0.39 is 0 Å². The zero-order valence-electron chi connectivity index (χ0n) is 13.0. The number of carbonyl (C=O) groups is 1. The zero-order chi connectivity index (χ0) is 15.8. The Morgan fingerprint density at radius 1 is 1.30 bits per heavy atom. The number of hydrogen-bond donors (Lipinski definition) is 1. The fraction of sp³-hybridized carbons (Fsp3) is 0.412. The monoisotopic (exact) mass is 313 g/mol. The number of fused-ring (bicyclic) bond motifs is 1. The van der Waals surface area contributed by atoms with E-state index in [0.717, 1.165) is 30.8 Å². The number of H-pyrrole nitrogens is 1. The number of rotatable bonds is 2. The number of benzene rings is 1. The minimum atomic E-state index is 0.0419. The largest absolute Gasteiger partial charge is 0.454 e. The number of carbonyl (C=O) groups excluding carboxylic acids is 1. The Kier molecular flexibility index (Phi) is 3.44. The molecule has 1 N–H and O–H groups in total. The number of nitrogens with zero attached hydrogens (tertiary/aromatic N) is 2. The second-order valence-electron chi connectivity index (χ2n) is 6.13. The van der Waals surface area contributed by atoms with Crippen molar-refractivity contribution in [2.24, 2.45) is 0 Å². The van der Waals surface area contributed by atoms with Crippen LogP contribution >= 0.6 is 0 Å². The number of aromatic nitrogens is 2. The molecule has 1 aromatic heterocycles. The van der Waals surface area contributed by atoms with Crippen LogP contribution in [0.3, 0.4) is 0 Å². The molecule has 120 valence electrons. The van der Waals surface area contributed by atoms with Gasteiger partial charge in [0.15, 0.2) is 11.5 Å². The van der Waals surface area contributed by atoms with Gasteiger partial charge in [0.1, 0.15) is 0 Å². The summed E-state index contributed by atoms with van der Waals surface area (Å²) in [5.41, 5.74) is 2.75. The van der Waals surface area contributed by atoms with E-state index in [4.69, 9.17) is 9.47 Å². The molecule has 2 aliphatic rings. The molecule has 6 heteroatoms. The molecule has 0 radical (unpaired) electrons. The maximum Gasteiger partial charge on any atom is 0.254 e. The van der Waals surface area contributed by atoms with Crippen LogP contribution < -0.4 is 9.47 Å². The molecular weight excluding hydrogens is 294 g/mol. The maximum atomic E-state index is 12.8. The lowest BCUT2D eigenvalue weighted by atomic mass is 9.94. The van der Waals surface area contributed by atoms with Gasteiger partial charge in [-0.15, -0.1) is 0 Å². The molecule has 1 aromatic carbocycles. The summed E-state index contributed by atoms with van der Waals surface area (Å²) in [6.45, 7) is 3.71. The Morgan fingerprint density at radius 2 is 2.17 bits per heavy atom. The lowest BCUT2D eigenvalue weighted by molar-refractivity contribution is 0.0705. The third kappa shape index (κ3) is 2.65. The van der Waals surface area contributed by atoms with E-state index in [2.05, 4.69) is 16.3 Å². The lowest BCUT2D eigenvalue weighted by Crippen LogP contribution is -2.39. The SMILES string of the molecule is Cc1cc([C@H]2CCCN(C(=O)c3ccc4c(c3)OCO4)C2)n[nH]1. The minimum absolute atomic E-state index is 0.0419. The number of hydrogen-bond acceptors (Lipinski definition) is 4. The molecule has 0 unspecified atom stereocenters. The number of ether oxygens (including phenoxy) is 2. The van der Waals surface area contributed by atoms with Crippen LogP contribution in [-0.2, 0) is 0 Å². The van der Waals surface area contributed by atoms with E-state index in [9.17, 15) is 4.79 Å². The maximum absolute atomic E-state index is 12.8. The molecule has 0 spiro atoms. The third-order valence-electron chi connectivity index (χ3n) is 4.47. The average Bonchev–Trinajstić information content (AvgIpc) is 3.22. The Bertz CT molecular complexity index is 740. The summed E-state index contributed by atoms with van der Waals surface area (Å²) in [7, 11) is 0. The normalized spacial score (nSPS) is 19.9. The molecule has 0 aliphatic carbocycles. The van der Waals surface area contributed by atoms with Gasteiger partial charge in [-0.2, -0.15) is 5.10 Å². The van der Waals surface area contributed by atoms with Crippen molar-refractivity contribution in [2.75, 3.05) is 19.9 Å². The number of likely N-dealkylation sites (tertiary alicyclic amines) is 1. The van der Waals surface area contributed by atoms with Crippen molar-refractivity contribution in [1.82, 2.24) is 15.1 Å². The standard InChI is InChI=1S/C17H19N3O3/c1-11-7-14(19-18-11)13-3-2-6-20(9-13)17(21)12-4-5-15-16(8-12)23-10-22-15/h4-5,7-8,13H,2-3,6,9-10H2,1H3,(H,18,19)/t13-/m0/s1. The van der Waals surface area contributed by atoms with Crippen LogP contribution in [0.1, 0.15) is 40.5 Å². The first kappa shape index (κ1) is 14.1. The van der Waals surface area contributed by atoms with E-state index >= 15 is 0 Å². The van der Waals surface area contributed by atoms with Crippen LogP contribution in [-0.4, -0.2) is 40.9 Å². The van der Waals surface area contributed by atoms with Gasteiger partial charge in [0.25, 0.3) is 5.91 Å². The fourth-order valence-electron chi connectivity index (χ4n) is 3.26. The topological polar surface area (TPSA) is 67.5 Å². The van der Waals surface area contributed by atoms with Crippen molar-refractivity contribution in [3.8, 4) is 11.5 Å². The number of piperidine rings is 1. The smallest absolute Gasteiger partial charge is 0.254 e. The average molecular weight is 313 g/mol. The molecule has 0 bridgehead atoms. The van der Waals surface area contributed by atoms with E-state index in [1.54, 1.807) is 18.2 Å². The van der Waals surface area contributed by atoms with Gasteiger partial charge in [-0.05, 0) is 44.0 Å². The van der Waals surface area contributed by atoms with Gasteiger partial charge in [-0.25, -0.2) is 0 Å². The molecule has 3 heterocycles. The molecule has 1 saturated heterocycles. The van der Waals surface area contributed by atoms with Crippen LogP contribution in [0.5, 0.6) is 11.5 Å². The van der Waals surface area contributed by atoms with Crippen molar-refractivity contribution in [2.45, 2.75) is 25.7 Å². The number of amides is 1. The summed E-state index contributed by atoms with van der Waals surface area (Å²) >= 11 is 0. The molecule has 1 amide bonds. The highest BCUT2D eigenvalue weighted by molar-refractivity contribution is 5.95. The first-order valence-corrected chi connectivity index (χ1v) is 7.91. The van der Waals surface area contributed by atoms with Crippen LogP contribution in [0.15, 0.2) is 24.3 Å². The van der Waals surface area contributed by atoms with Gasteiger partial charge in [-0.3, -0.25) is 9.89 Å². The molecule has 23 heavy (non-hydrogen) atoms. The highest BCUT2D eigenvalue weighted by Crippen LogP contribution is 2.33. The molecular formula is C17H19N3O3. The van der Waals surface area contributed by atoms with Gasteiger partial charge in [0.05, 0.1) is 5.69 Å². The Balaban J connectivity index is 1.51. The minimum Gasteiger partial charge on any atom is -0.454 e. The second kappa shape index (κ2) is 5.61. The van der Waals surface area contributed by atoms with Crippen molar-refractivity contribution in [1.29, 1.82) is 0 Å². The quantitative estimate of drug-likeness (QED) is 0.925. The molecule has 6 nitrogen and oxygen atoms in total. The number of aromatic amines is 1. The fourth-order valence-corrected chi connectivity index (χ4v) is 3.26. The van der Waals surface area contributed by atoms with Crippen LogP contribution in [0, 0.1) is 6.92 Å². The van der Waals surface area contributed by atoms with Crippen LogP contribution in [0.25, 0.3) is 0 Å². The van der Waals surface area contributed by atoms with E-state index in [0.29, 0.717) is 29.5 Å². The van der Waals surface area contributed by atoms with Crippen molar-refractivity contribution in [3.05, 3.63) is 41.2 Å². The first-order valence-electron chi connectivity index (χ1n) is 7.91. The van der Waals surface area contributed by atoms with Crippen molar-refractivity contribution >= 4 is 5.91 Å². The van der Waals surface area contributed by atoms with Gasteiger partial charge < -0.3 is 14.4 Å². The van der Waals surface area contributed by atoms with Gasteiger partial charge in [0, 0.05) is 30.3 Å². The summed E-state index contributed by atoms with van der Waals surface area (Å²) in [6.07, 6.45) is 2.06. The van der Waals surface area contributed by atoms with E-state index in [1.807, 2.05) is 11.8 Å². The second-order valence-corrected chi connectivity index (χ2v) is 6.13. The summed E-state index contributed by atoms with van der Waals surface area (Å²) < 4.78 is 10.7. The molecule has 2 aliphatic heterocycles. The van der Waals surface area contributed by atoms with Crippen molar-refractivity contribution < 1.29 is 14.3 Å². The molecule has 0 saturated carbocycles. The first-order chi connectivity index (χ1) is 11.2. The summed E-state index contributed by atoms with van der Waals surface area (Å²) in [5.74, 6) is 1.68. The van der Waals surface area contributed by atoms with Gasteiger partial charge >= 0.3 is 0 Å². The van der Waals surface area contributed by atoms with Crippen molar-refractivity contribution in [3.63, 3.8) is 0 Å². The van der Waals surface area contributed by atoms with E-state index in [1.165, 1.54) is 0 Å². The highest BCUT2D eigenvalue weighted by Gasteiger charge is 2.27. The third-order valence-corrected chi connectivity index (χ3v) is 4.47. The predicted molar refractivity (Wildman–Crippen MR) is 83.8 cm³/mol.